The second-order valence-corrected chi connectivity index (χ2v) is 4.57. The Morgan fingerprint density at radius 1 is 1.65 bits per heavy atom. The third-order valence-electron chi connectivity index (χ3n) is 2.10. The van der Waals surface area contributed by atoms with Gasteiger partial charge in [-0.15, -0.1) is 3.89 Å². The molecule has 0 aliphatic carbocycles. The quantitative estimate of drug-likeness (QED) is 0.814. The molecule has 1 heterocycles. The summed E-state index contributed by atoms with van der Waals surface area (Å²) in [5, 5.41) is 0. The Labute approximate surface area is 110 Å². The standard InChI is InChI=1S/C10H8BrFN2O2S/c1-2-16-10(15)9-13-7-5-6(11)3-4-8(7)14(9)17-12/h3-5H,2H2,1H3. The highest BCUT2D eigenvalue weighted by atomic mass is 79.9. The van der Waals surface area contributed by atoms with Crippen LogP contribution in [0.25, 0.3) is 11.0 Å². The third-order valence-corrected chi connectivity index (χ3v) is 3.10. The monoisotopic (exact) mass is 318 g/mol. The molecule has 0 fully saturated rings. The minimum atomic E-state index is -0.634. The summed E-state index contributed by atoms with van der Waals surface area (Å²) in [6.07, 6.45) is 0. The number of carbonyl (C=O) groups is 1. The van der Waals surface area contributed by atoms with Crippen LogP contribution in [0.1, 0.15) is 17.5 Å². The number of rotatable bonds is 3. The van der Waals surface area contributed by atoms with Crippen LogP contribution in [-0.4, -0.2) is 21.5 Å². The number of nitrogens with zero attached hydrogens (tertiary/aromatic N) is 2. The van der Waals surface area contributed by atoms with Gasteiger partial charge in [0.05, 0.1) is 17.6 Å². The molecule has 1 aromatic carbocycles. The number of halogens is 2. The van der Waals surface area contributed by atoms with Crippen molar-refractivity contribution >= 4 is 45.3 Å². The van der Waals surface area contributed by atoms with Gasteiger partial charge in [-0.3, -0.25) is 0 Å². The molecule has 0 N–H and O–H groups in total. The van der Waals surface area contributed by atoms with Crippen LogP contribution in [0.2, 0.25) is 0 Å². The first-order valence-electron chi connectivity index (χ1n) is 4.81. The van der Waals surface area contributed by atoms with Crippen LogP contribution in [0.5, 0.6) is 0 Å². The zero-order valence-electron chi connectivity index (χ0n) is 8.81. The fourth-order valence-electron chi connectivity index (χ4n) is 1.43. The van der Waals surface area contributed by atoms with E-state index in [9.17, 15) is 8.68 Å². The molecule has 0 aliphatic rings. The minimum Gasteiger partial charge on any atom is -0.460 e. The number of imidazole rings is 1. The summed E-state index contributed by atoms with van der Waals surface area (Å²) in [6, 6.07) is 5.15. The van der Waals surface area contributed by atoms with Crippen LogP contribution in [-0.2, 0) is 4.74 Å². The van der Waals surface area contributed by atoms with Gasteiger partial charge < -0.3 is 4.74 Å². The van der Waals surface area contributed by atoms with Crippen molar-refractivity contribution in [3.8, 4) is 0 Å². The molecule has 0 saturated carbocycles. The maximum atomic E-state index is 12.9. The summed E-state index contributed by atoms with van der Waals surface area (Å²) in [4.78, 5) is 15.6. The lowest BCUT2D eigenvalue weighted by Crippen LogP contribution is -2.09. The van der Waals surface area contributed by atoms with Crippen LogP contribution in [0.15, 0.2) is 22.7 Å². The van der Waals surface area contributed by atoms with E-state index in [2.05, 4.69) is 20.9 Å². The zero-order chi connectivity index (χ0) is 12.4. The third kappa shape index (κ3) is 2.30. The molecule has 0 saturated heterocycles. The topological polar surface area (TPSA) is 44.1 Å². The van der Waals surface area contributed by atoms with Crippen molar-refractivity contribution in [2.24, 2.45) is 0 Å². The van der Waals surface area contributed by atoms with Crippen molar-refractivity contribution < 1.29 is 13.4 Å². The van der Waals surface area contributed by atoms with Crippen molar-refractivity contribution in [2.45, 2.75) is 6.92 Å². The minimum absolute atomic E-state index is 0.0487. The van der Waals surface area contributed by atoms with Gasteiger partial charge >= 0.3 is 5.97 Å². The number of hydrogen-bond acceptors (Lipinski definition) is 4. The van der Waals surface area contributed by atoms with E-state index in [4.69, 9.17) is 4.74 Å². The summed E-state index contributed by atoms with van der Waals surface area (Å²) in [6.45, 7) is 1.91. The molecule has 90 valence electrons. The predicted octanol–water partition coefficient (Wildman–Crippen LogP) is 3.36. The maximum absolute atomic E-state index is 12.9. The lowest BCUT2D eigenvalue weighted by molar-refractivity contribution is 0.0512. The number of benzene rings is 1. The molecular weight excluding hydrogens is 311 g/mol. The molecule has 0 radical (unpaired) electrons. The molecule has 0 unspecified atom stereocenters. The highest BCUT2D eigenvalue weighted by Gasteiger charge is 2.19. The van der Waals surface area contributed by atoms with E-state index in [0.29, 0.717) is 11.0 Å². The summed E-state index contributed by atoms with van der Waals surface area (Å²) in [5.74, 6) is -0.683. The Morgan fingerprint density at radius 3 is 3.06 bits per heavy atom. The van der Waals surface area contributed by atoms with Crippen LogP contribution >= 0.6 is 28.3 Å². The Balaban J connectivity index is 2.59. The molecule has 1 aromatic heterocycles. The number of fused-ring (bicyclic) bond motifs is 1. The van der Waals surface area contributed by atoms with E-state index in [1.807, 2.05) is 0 Å². The Bertz CT molecular complexity index is 573. The van der Waals surface area contributed by atoms with Crippen molar-refractivity contribution in [1.82, 2.24) is 8.96 Å². The molecule has 17 heavy (non-hydrogen) atoms. The average molecular weight is 319 g/mol. The predicted molar refractivity (Wildman–Crippen MR) is 67.5 cm³/mol. The van der Waals surface area contributed by atoms with E-state index >= 15 is 0 Å². The van der Waals surface area contributed by atoms with Crippen LogP contribution in [0, 0.1) is 0 Å². The number of carbonyl (C=O) groups excluding carboxylic acids is 1. The smallest absolute Gasteiger partial charge is 0.375 e. The molecule has 2 rings (SSSR count). The van der Waals surface area contributed by atoms with Crippen molar-refractivity contribution in [3.63, 3.8) is 0 Å². The van der Waals surface area contributed by atoms with Gasteiger partial charge in [0.2, 0.25) is 5.82 Å². The van der Waals surface area contributed by atoms with Gasteiger partial charge in [0.25, 0.3) is 0 Å². The summed E-state index contributed by atoms with van der Waals surface area (Å²) < 4.78 is 19.6. The highest BCUT2D eigenvalue weighted by molar-refractivity contribution is 9.10. The fourth-order valence-corrected chi connectivity index (χ4v) is 2.18. The molecule has 0 amide bonds. The summed E-state index contributed by atoms with van der Waals surface area (Å²) in [5.41, 5.74) is 1.07. The molecule has 0 bridgehead atoms. The molecule has 0 atom stereocenters. The summed E-state index contributed by atoms with van der Waals surface area (Å²) >= 11 is 3.22. The fraction of sp³-hybridized carbons (Fsp3) is 0.200. The number of hydrogen-bond donors (Lipinski definition) is 0. The maximum Gasteiger partial charge on any atom is 0.375 e. The van der Waals surface area contributed by atoms with E-state index in [-0.39, 0.29) is 24.8 Å². The largest absolute Gasteiger partial charge is 0.460 e. The van der Waals surface area contributed by atoms with E-state index < -0.39 is 5.97 Å². The Morgan fingerprint density at radius 2 is 2.41 bits per heavy atom. The van der Waals surface area contributed by atoms with E-state index in [1.165, 1.54) is 0 Å². The number of esters is 1. The van der Waals surface area contributed by atoms with Gasteiger partial charge in [0.15, 0.2) is 12.3 Å². The zero-order valence-corrected chi connectivity index (χ0v) is 11.2. The normalized spacial score (nSPS) is 10.8. The van der Waals surface area contributed by atoms with Crippen LogP contribution in [0.4, 0.5) is 3.89 Å². The summed E-state index contributed by atoms with van der Waals surface area (Å²) in [7, 11) is 0. The van der Waals surface area contributed by atoms with Crippen LogP contribution < -0.4 is 0 Å². The Kier molecular flexibility index (Phi) is 3.68. The lowest BCUT2D eigenvalue weighted by atomic mass is 10.3. The lowest BCUT2D eigenvalue weighted by Gasteiger charge is -2.01. The Hall–Kier alpha value is -1.08. The molecule has 0 spiro atoms. The molecule has 7 heteroatoms. The first-order chi connectivity index (χ1) is 8.17. The molecular formula is C10H8BrFN2O2S. The molecule has 0 aliphatic heterocycles. The van der Waals surface area contributed by atoms with Crippen molar-refractivity contribution in [2.75, 3.05) is 6.61 Å². The number of aromatic nitrogens is 2. The van der Waals surface area contributed by atoms with Gasteiger partial charge in [-0.2, -0.15) is 0 Å². The first kappa shape index (κ1) is 12.4. The van der Waals surface area contributed by atoms with E-state index in [1.54, 1.807) is 25.1 Å². The van der Waals surface area contributed by atoms with Gasteiger partial charge in [-0.05, 0) is 25.1 Å². The average Bonchev–Trinajstić information content (AvgIpc) is 2.66. The number of ether oxygens (including phenoxy) is 1. The molecule has 2 aromatic rings. The molecule has 4 nitrogen and oxygen atoms in total. The van der Waals surface area contributed by atoms with Crippen molar-refractivity contribution in [3.05, 3.63) is 28.5 Å². The van der Waals surface area contributed by atoms with Crippen LogP contribution in [0.3, 0.4) is 0 Å². The van der Waals surface area contributed by atoms with E-state index in [0.717, 1.165) is 8.45 Å². The second kappa shape index (κ2) is 5.05. The first-order valence-corrected chi connectivity index (χ1v) is 6.28. The van der Waals surface area contributed by atoms with Gasteiger partial charge in [0.1, 0.15) is 0 Å². The van der Waals surface area contributed by atoms with Gasteiger partial charge in [0, 0.05) is 4.47 Å². The highest BCUT2D eigenvalue weighted by Crippen LogP contribution is 2.25. The van der Waals surface area contributed by atoms with Gasteiger partial charge in [-0.25, -0.2) is 13.8 Å². The van der Waals surface area contributed by atoms with Gasteiger partial charge in [-0.1, -0.05) is 15.9 Å². The van der Waals surface area contributed by atoms with Crippen molar-refractivity contribution in [1.29, 1.82) is 0 Å². The second-order valence-electron chi connectivity index (χ2n) is 3.15. The SMILES string of the molecule is CCOC(=O)c1nc2cc(Br)ccc2n1SF.